The average Bonchev–Trinajstić information content (AvgIpc) is 2.83. The van der Waals surface area contributed by atoms with Crippen molar-refractivity contribution in [1.29, 1.82) is 0 Å². The van der Waals surface area contributed by atoms with E-state index in [4.69, 9.17) is 10.5 Å². The van der Waals surface area contributed by atoms with E-state index in [2.05, 4.69) is 10.6 Å². The van der Waals surface area contributed by atoms with Crippen LogP contribution in [0.4, 0.5) is 10.5 Å². The van der Waals surface area contributed by atoms with Crippen LogP contribution >= 0.6 is 0 Å². The molecule has 0 fully saturated rings. The minimum atomic E-state index is -1.35. The number of rotatable bonds is 10. The molecule has 2 unspecified atom stereocenters. The van der Waals surface area contributed by atoms with Gasteiger partial charge in [0, 0.05) is 11.2 Å². The molecule has 0 saturated heterocycles. The van der Waals surface area contributed by atoms with Crippen LogP contribution in [-0.2, 0) is 19.1 Å². The molecule has 0 aliphatic rings. The van der Waals surface area contributed by atoms with Gasteiger partial charge in [0.1, 0.15) is 17.7 Å². The molecule has 2 aromatic rings. The summed E-state index contributed by atoms with van der Waals surface area (Å²) < 4.78 is 5.35. The van der Waals surface area contributed by atoms with E-state index in [0.29, 0.717) is 17.7 Å². The smallest absolute Gasteiger partial charge is 0.408 e. The van der Waals surface area contributed by atoms with Gasteiger partial charge in [-0.2, -0.15) is 0 Å². The number of carbonyl (C=O) groups is 4. The Morgan fingerprint density at radius 1 is 0.925 bits per heavy atom. The van der Waals surface area contributed by atoms with Gasteiger partial charge in [-0.1, -0.05) is 43.3 Å². The number of amides is 4. The van der Waals surface area contributed by atoms with Crippen LogP contribution in [0.3, 0.4) is 0 Å². The van der Waals surface area contributed by atoms with Crippen LogP contribution in [0.15, 0.2) is 42.5 Å². The van der Waals surface area contributed by atoms with Gasteiger partial charge < -0.3 is 26.0 Å². The zero-order valence-electron chi connectivity index (χ0n) is 25.2. The maximum atomic E-state index is 14.3. The summed E-state index contributed by atoms with van der Waals surface area (Å²) in [6, 6.07) is 10.5. The maximum Gasteiger partial charge on any atom is 0.408 e. The Bertz CT molecular complexity index is 1250. The number of nitrogens with two attached hydrogens (primary N) is 1. The van der Waals surface area contributed by atoms with Crippen molar-refractivity contribution < 1.29 is 23.9 Å². The molecule has 0 spiro atoms. The van der Waals surface area contributed by atoms with Crippen molar-refractivity contribution in [3.05, 3.63) is 64.7 Å². The van der Waals surface area contributed by atoms with E-state index in [1.165, 1.54) is 4.90 Å². The van der Waals surface area contributed by atoms with Crippen molar-refractivity contribution in [3.8, 4) is 0 Å². The zero-order valence-corrected chi connectivity index (χ0v) is 25.2. The molecule has 0 radical (unpaired) electrons. The second kappa shape index (κ2) is 13.0. The lowest BCUT2D eigenvalue weighted by atomic mass is 9.90. The Balaban J connectivity index is 2.69. The predicted molar refractivity (Wildman–Crippen MR) is 157 cm³/mol. The lowest BCUT2D eigenvalue weighted by Gasteiger charge is -2.44. The molecule has 0 aromatic heterocycles. The van der Waals surface area contributed by atoms with Gasteiger partial charge in [-0.05, 0) is 90.1 Å². The van der Waals surface area contributed by atoms with E-state index in [-0.39, 0.29) is 0 Å². The van der Waals surface area contributed by atoms with Crippen molar-refractivity contribution in [2.24, 2.45) is 5.73 Å². The highest BCUT2D eigenvalue weighted by Gasteiger charge is 2.43. The summed E-state index contributed by atoms with van der Waals surface area (Å²) in [5, 5.41) is 5.51. The number of benzene rings is 2. The Labute approximate surface area is 237 Å². The number of aryl methyl sites for hydroxylation is 3. The molecule has 40 heavy (non-hydrogen) atoms. The average molecular weight is 553 g/mol. The molecular formula is C31H44N4O5. The van der Waals surface area contributed by atoms with Gasteiger partial charge in [0.25, 0.3) is 5.91 Å². The van der Waals surface area contributed by atoms with Crippen LogP contribution < -0.4 is 16.4 Å². The molecule has 2 rings (SSSR count). The van der Waals surface area contributed by atoms with Crippen molar-refractivity contribution in [3.63, 3.8) is 0 Å². The monoisotopic (exact) mass is 552 g/mol. The molecule has 0 bridgehead atoms. The van der Waals surface area contributed by atoms with Crippen LogP contribution in [0.2, 0.25) is 0 Å². The van der Waals surface area contributed by atoms with Crippen LogP contribution in [0, 0.1) is 20.8 Å². The molecule has 0 heterocycles. The molecular weight excluding hydrogens is 508 g/mol. The quantitative estimate of drug-likeness (QED) is 0.378. The third-order valence-electron chi connectivity index (χ3n) is 6.91. The topological polar surface area (TPSA) is 131 Å². The molecule has 0 aliphatic carbocycles. The van der Waals surface area contributed by atoms with E-state index in [1.54, 1.807) is 26.8 Å². The van der Waals surface area contributed by atoms with Crippen molar-refractivity contribution in [2.75, 3.05) is 5.32 Å². The molecule has 4 amide bonds. The highest BCUT2D eigenvalue weighted by Crippen LogP contribution is 2.34. The lowest BCUT2D eigenvalue weighted by Crippen LogP contribution is -2.59. The van der Waals surface area contributed by atoms with Crippen LogP contribution in [0.5, 0.6) is 0 Å². The fourth-order valence-corrected chi connectivity index (χ4v) is 4.23. The van der Waals surface area contributed by atoms with Gasteiger partial charge >= 0.3 is 6.09 Å². The summed E-state index contributed by atoms with van der Waals surface area (Å²) in [5.74, 6) is -1.84. The molecule has 0 aliphatic heterocycles. The van der Waals surface area contributed by atoms with Crippen LogP contribution in [0.25, 0.3) is 0 Å². The summed E-state index contributed by atoms with van der Waals surface area (Å²) in [5.41, 5.74) is 7.86. The normalized spacial score (nSPS) is 13.1. The Morgan fingerprint density at radius 3 is 2.08 bits per heavy atom. The van der Waals surface area contributed by atoms with Crippen LogP contribution in [-0.4, -0.2) is 45.9 Å². The number of hydrogen-bond acceptors (Lipinski definition) is 5. The minimum absolute atomic E-state index is 0.428. The Hall–Kier alpha value is -3.88. The third-order valence-corrected chi connectivity index (χ3v) is 6.91. The standard InChI is InChI=1S/C31H44N4O5/c1-10-31(8,9)35(28(38)24(18-25(32)36)34-29(39)40-30(5,6)7)26(22-16-15-19(2)21(4)17-22)27(37)33-23-14-12-11-13-20(23)3/h11-17,24,26H,10,18H2,1-9H3,(H2,32,36)(H,33,37)(H,34,39). The number of para-hydroxylation sites is 1. The van der Waals surface area contributed by atoms with Gasteiger partial charge in [-0.25, -0.2) is 4.79 Å². The first-order valence-corrected chi connectivity index (χ1v) is 13.5. The predicted octanol–water partition coefficient (Wildman–Crippen LogP) is 5.08. The number of anilines is 1. The molecule has 4 N–H and O–H groups in total. The Morgan fingerprint density at radius 2 is 1.55 bits per heavy atom. The first-order chi connectivity index (χ1) is 18.5. The lowest BCUT2D eigenvalue weighted by molar-refractivity contribution is -0.148. The number of hydrogen-bond donors (Lipinski definition) is 3. The third kappa shape index (κ3) is 8.56. The van der Waals surface area contributed by atoms with E-state index in [1.807, 2.05) is 77.9 Å². The summed E-state index contributed by atoms with van der Waals surface area (Å²) in [4.78, 5) is 54.6. The number of nitrogens with one attached hydrogen (secondary N) is 2. The van der Waals surface area contributed by atoms with E-state index < -0.39 is 53.5 Å². The summed E-state index contributed by atoms with van der Waals surface area (Å²) >= 11 is 0. The molecule has 2 atom stereocenters. The molecule has 9 heteroatoms. The first-order valence-electron chi connectivity index (χ1n) is 13.5. The van der Waals surface area contributed by atoms with E-state index >= 15 is 0 Å². The van der Waals surface area contributed by atoms with Crippen LogP contribution in [0.1, 0.15) is 82.7 Å². The molecule has 9 nitrogen and oxygen atoms in total. The van der Waals surface area contributed by atoms with Gasteiger partial charge in [-0.3, -0.25) is 14.4 Å². The maximum absolute atomic E-state index is 14.3. The number of ether oxygens (including phenoxy) is 1. The highest BCUT2D eigenvalue weighted by atomic mass is 16.6. The Kier molecular flexibility index (Phi) is 10.5. The number of carbonyl (C=O) groups excluding carboxylic acids is 4. The second-order valence-corrected chi connectivity index (χ2v) is 11.8. The SMILES string of the molecule is CCC(C)(C)N(C(=O)C(CC(N)=O)NC(=O)OC(C)(C)C)C(C(=O)Nc1ccccc1C)c1ccc(C)c(C)c1. The largest absolute Gasteiger partial charge is 0.444 e. The fraction of sp³-hybridized carbons (Fsp3) is 0.484. The van der Waals surface area contributed by atoms with E-state index in [0.717, 1.165) is 16.7 Å². The van der Waals surface area contributed by atoms with Crippen molar-refractivity contribution in [1.82, 2.24) is 10.2 Å². The zero-order chi connectivity index (χ0) is 30.4. The van der Waals surface area contributed by atoms with Gasteiger partial charge in [0.2, 0.25) is 11.8 Å². The number of primary amides is 1. The highest BCUT2D eigenvalue weighted by molar-refractivity contribution is 6.00. The summed E-state index contributed by atoms with van der Waals surface area (Å²) in [7, 11) is 0. The fourth-order valence-electron chi connectivity index (χ4n) is 4.23. The molecule has 2 aromatic carbocycles. The number of nitrogens with zero attached hydrogens (tertiary/aromatic N) is 1. The molecule has 0 saturated carbocycles. The van der Waals surface area contributed by atoms with Gasteiger partial charge in [-0.15, -0.1) is 0 Å². The van der Waals surface area contributed by atoms with Crippen molar-refractivity contribution in [2.45, 2.75) is 98.4 Å². The summed E-state index contributed by atoms with van der Waals surface area (Å²) in [6.07, 6.45) is -0.852. The first kappa shape index (κ1) is 32.3. The number of alkyl carbamates (subject to hydrolysis) is 1. The second-order valence-electron chi connectivity index (χ2n) is 11.8. The van der Waals surface area contributed by atoms with Gasteiger partial charge in [0.15, 0.2) is 0 Å². The van der Waals surface area contributed by atoms with Gasteiger partial charge in [0.05, 0.1) is 6.42 Å². The minimum Gasteiger partial charge on any atom is -0.444 e. The molecule has 218 valence electrons. The summed E-state index contributed by atoms with van der Waals surface area (Å²) in [6.45, 7) is 16.4. The van der Waals surface area contributed by atoms with Crippen molar-refractivity contribution >= 4 is 29.5 Å². The van der Waals surface area contributed by atoms with E-state index in [9.17, 15) is 19.2 Å².